The van der Waals surface area contributed by atoms with E-state index >= 15 is 0 Å². The lowest BCUT2D eigenvalue weighted by molar-refractivity contribution is -0.144. The van der Waals surface area contributed by atoms with Crippen LogP contribution in [0.1, 0.15) is 13.8 Å². The van der Waals surface area contributed by atoms with Crippen LogP contribution in [0, 0.1) is 0 Å². The number of allylic oxidation sites excluding steroid dienone is 1. The molecule has 4 nitrogen and oxygen atoms in total. The summed E-state index contributed by atoms with van der Waals surface area (Å²) < 4.78 is 15.4. The molecule has 0 spiro atoms. The summed E-state index contributed by atoms with van der Waals surface area (Å²) in [6.45, 7) is 4.01. The van der Waals surface area contributed by atoms with Crippen LogP contribution in [0.2, 0.25) is 0 Å². The Kier molecular flexibility index (Phi) is 3.92. The minimum Gasteiger partial charge on any atom is -0.463 e. The van der Waals surface area contributed by atoms with Gasteiger partial charge in [-0.25, -0.2) is 0 Å². The standard InChI is InChI=1S/C9H14O4/c1-3-4-9-12-6-8(13-9)5-11-7(2)10/h3-4,8-9H,5-6H2,1-2H3. The Morgan fingerprint density at radius 3 is 3.08 bits per heavy atom. The van der Waals surface area contributed by atoms with Gasteiger partial charge in [-0.05, 0) is 13.0 Å². The van der Waals surface area contributed by atoms with E-state index in [1.165, 1.54) is 6.92 Å². The normalized spacial score (nSPS) is 28.2. The number of carbonyl (C=O) groups is 1. The maximum absolute atomic E-state index is 10.5. The Balaban J connectivity index is 2.21. The molecule has 1 rings (SSSR count). The summed E-state index contributed by atoms with van der Waals surface area (Å²) in [5.74, 6) is -0.293. The number of esters is 1. The molecule has 2 unspecified atom stereocenters. The second-order valence-electron chi connectivity index (χ2n) is 2.79. The van der Waals surface area contributed by atoms with E-state index < -0.39 is 0 Å². The van der Waals surface area contributed by atoms with Gasteiger partial charge in [0.25, 0.3) is 0 Å². The van der Waals surface area contributed by atoms with Gasteiger partial charge < -0.3 is 14.2 Å². The lowest BCUT2D eigenvalue weighted by Gasteiger charge is -2.07. The third-order valence-corrected chi connectivity index (χ3v) is 1.60. The van der Waals surface area contributed by atoms with Crippen LogP contribution in [-0.4, -0.2) is 31.6 Å². The lowest BCUT2D eigenvalue weighted by atomic mass is 10.4. The number of hydrogen-bond acceptors (Lipinski definition) is 4. The highest BCUT2D eigenvalue weighted by Gasteiger charge is 2.24. The number of hydrogen-bond donors (Lipinski definition) is 0. The molecule has 0 radical (unpaired) electrons. The average Bonchev–Trinajstić information content (AvgIpc) is 2.50. The predicted octanol–water partition coefficient (Wildman–Crippen LogP) is 0.867. The molecule has 1 heterocycles. The SMILES string of the molecule is CC=CC1OCC(COC(C)=O)O1. The van der Waals surface area contributed by atoms with Crippen molar-refractivity contribution in [2.75, 3.05) is 13.2 Å². The Morgan fingerprint density at radius 2 is 2.46 bits per heavy atom. The third kappa shape index (κ3) is 3.57. The van der Waals surface area contributed by atoms with Crippen molar-refractivity contribution >= 4 is 5.97 Å². The molecule has 0 amide bonds. The summed E-state index contributed by atoms with van der Waals surface area (Å²) in [6, 6.07) is 0. The Morgan fingerprint density at radius 1 is 1.69 bits per heavy atom. The smallest absolute Gasteiger partial charge is 0.302 e. The van der Waals surface area contributed by atoms with Crippen molar-refractivity contribution < 1.29 is 19.0 Å². The van der Waals surface area contributed by atoms with Gasteiger partial charge in [0.05, 0.1) is 6.61 Å². The van der Waals surface area contributed by atoms with E-state index in [2.05, 4.69) is 0 Å². The minimum absolute atomic E-state index is 0.134. The topological polar surface area (TPSA) is 44.8 Å². The highest BCUT2D eigenvalue weighted by atomic mass is 16.7. The fourth-order valence-corrected chi connectivity index (χ4v) is 1.03. The Labute approximate surface area is 77.5 Å². The molecule has 1 fully saturated rings. The Hall–Kier alpha value is -0.870. The van der Waals surface area contributed by atoms with Crippen molar-refractivity contribution in [2.24, 2.45) is 0 Å². The molecule has 1 aliphatic heterocycles. The molecule has 0 bridgehead atoms. The molecule has 0 aromatic heterocycles. The number of rotatable bonds is 3. The van der Waals surface area contributed by atoms with Crippen LogP contribution in [0.15, 0.2) is 12.2 Å². The zero-order valence-electron chi connectivity index (χ0n) is 7.86. The van der Waals surface area contributed by atoms with E-state index in [-0.39, 0.29) is 25.0 Å². The van der Waals surface area contributed by atoms with Crippen LogP contribution in [0.25, 0.3) is 0 Å². The first kappa shape index (κ1) is 10.2. The van der Waals surface area contributed by atoms with Crippen molar-refractivity contribution in [1.82, 2.24) is 0 Å². The van der Waals surface area contributed by atoms with E-state index in [1.54, 1.807) is 0 Å². The van der Waals surface area contributed by atoms with Gasteiger partial charge in [-0.2, -0.15) is 0 Å². The molecule has 74 valence electrons. The first-order valence-corrected chi connectivity index (χ1v) is 4.25. The summed E-state index contributed by atoms with van der Waals surface area (Å²) >= 11 is 0. The van der Waals surface area contributed by atoms with E-state index in [0.29, 0.717) is 6.61 Å². The molecule has 0 aliphatic carbocycles. The molecule has 0 saturated carbocycles. The fourth-order valence-electron chi connectivity index (χ4n) is 1.03. The van der Waals surface area contributed by atoms with Crippen LogP contribution in [0.4, 0.5) is 0 Å². The number of ether oxygens (including phenoxy) is 3. The molecule has 0 aromatic carbocycles. The van der Waals surface area contributed by atoms with Crippen molar-refractivity contribution in [3.8, 4) is 0 Å². The molecule has 1 aliphatic rings. The van der Waals surface area contributed by atoms with Crippen molar-refractivity contribution in [3.05, 3.63) is 12.2 Å². The molecule has 0 N–H and O–H groups in total. The maximum Gasteiger partial charge on any atom is 0.302 e. The molecule has 2 atom stereocenters. The van der Waals surface area contributed by atoms with Gasteiger partial charge in [-0.15, -0.1) is 0 Å². The number of carbonyl (C=O) groups excluding carboxylic acids is 1. The van der Waals surface area contributed by atoms with Crippen LogP contribution in [0.5, 0.6) is 0 Å². The summed E-state index contributed by atoms with van der Waals surface area (Å²) in [5.41, 5.74) is 0. The van der Waals surface area contributed by atoms with Gasteiger partial charge in [-0.1, -0.05) is 6.08 Å². The Bertz CT molecular complexity index is 200. The van der Waals surface area contributed by atoms with Gasteiger partial charge in [0, 0.05) is 6.92 Å². The zero-order valence-corrected chi connectivity index (χ0v) is 7.86. The molecule has 4 heteroatoms. The highest BCUT2D eigenvalue weighted by molar-refractivity contribution is 5.65. The maximum atomic E-state index is 10.5. The molecular weight excluding hydrogens is 172 g/mol. The van der Waals surface area contributed by atoms with Gasteiger partial charge >= 0.3 is 5.97 Å². The van der Waals surface area contributed by atoms with Crippen LogP contribution < -0.4 is 0 Å². The summed E-state index contributed by atoms with van der Waals surface area (Å²) in [5, 5.41) is 0. The highest BCUT2D eigenvalue weighted by Crippen LogP contribution is 2.12. The van der Waals surface area contributed by atoms with Crippen molar-refractivity contribution in [1.29, 1.82) is 0 Å². The van der Waals surface area contributed by atoms with E-state index in [1.807, 2.05) is 19.1 Å². The summed E-state index contributed by atoms with van der Waals surface area (Å²) in [4.78, 5) is 10.5. The molecular formula is C9H14O4. The van der Waals surface area contributed by atoms with Gasteiger partial charge in [0.15, 0.2) is 6.29 Å². The largest absolute Gasteiger partial charge is 0.463 e. The van der Waals surface area contributed by atoms with Gasteiger partial charge in [0.1, 0.15) is 12.7 Å². The zero-order chi connectivity index (χ0) is 9.68. The van der Waals surface area contributed by atoms with Gasteiger partial charge in [-0.3, -0.25) is 4.79 Å². The fraction of sp³-hybridized carbons (Fsp3) is 0.667. The summed E-state index contributed by atoms with van der Waals surface area (Å²) in [7, 11) is 0. The molecule has 0 aromatic rings. The van der Waals surface area contributed by atoms with E-state index in [4.69, 9.17) is 14.2 Å². The van der Waals surface area contributed by atoms with Crippen molar-refractivity contribution in [3.63, 3.8) is 0 Å². The van der Waals surface area contributed by atoms with Crippen LogP contribution in [0.3, 0.4) is 0 Å². The first-order chi connectivity index (χ1) is 6.22. The second-order valence-corrected chi connectivity index (χ2v) is 2.79. The van der Waals surface area contributed by atoms with Crippen molar-refractivity contribution in [2.45, 2.75) is 26.2 Å². The van der Waals surface area contributed by atoms with Crippen LogP contribution >= 0.6 is 0 Å². The van der Waals surface area contributed by atoms with Gasteiger partial charge in [0.2, 0.25) is 0 Å². The molecule has 13 heavy (non-hydrogen) atoms. The predicted molar refractivity (Wildman–Crippen MR) is 46.1 cm³/mol. The molecule has 1 saturated heterocycles. The average molecular weight is 186 g/mol. The van der Waals surface area contributed by atoms with E-state index in [9.17, 15) is 4.79 Å². The summed E-state index contributed by atoms with van der Waals surface area (Å²) in [6.07, 6.45) is 3.25. The quantitative estimate of drug-likeness (QED) is 0.484. The lowest BCUT2D eigenvalue weighted by Crippen LogP contribution is -2.20. The third-order valence-electron chi connectivity index (χ3n) is 1.60. The monoisotopic (exact) mass is 186 g/mol. The second kappa shape index (κ2) is 4.99. The van der Waals surface area contributed by atoms with Crippen LogP contribution in [-0.2, 0) is 19.0 Å². The first-order valence-electron chi connectivity index (χ1n) is 4.25. The van der Waals surface area contributed by atoms with E-state index in [0.717, 1.165) is 0 Å². The minimum atomic E-state index is -0.293.